The SMILES string of the molecule is C[C@H]1CN(C(=O)OCc2ccccc2)CCN1CCN1CCNCC1. The van der Waals surface area contributed by atoms with Crippen LogP contribution in [0.15, 0.2) is 30.3 Å². The quantitative estimate of drug-likeness (QED) is 0.869. The Labute approximate surface area is 150 Å². The van der Waals surface area contributed by atoms with Crippen LogP contribution in [0.2, 0.25) is 0 Å². The molecule has 6 heteroatoms. The van der Waals surface area contributed by atoms with Gasteiger partial charge in [-0.3, -0.25) is 9.80 Å². The highest BCUT2D eigenvalue weighted by molar-refractivity contribution is 5.67. The summed E-state index contributed by atoms with van der Waals surface area (Å²) in [6, 6.07) is 10.2. The first kappa shape index (κ1) is 18.2. The second-order valence-electron chi connectivity index (χ2n) is 6.96. The van der Waals surface area contributed by atoms with E-state index in [1.807, 2.05) is 35.2 Å². The fraction of sp³-hybridized carbons (Fsp3) is 0.632. The largest absolute Gasteiger partial charge is 0.445 e. The zero-order valence-corrected chi connectivity index (χ0v) is 15.2. The van der Waals surface area contributed by atoms with Crippen LogP contribution >= 0.6 is 0 Å². The minimum Gasteiger partial charge on any atom is -0.445 e. The molecule has 25 heavy (non-hydrogen) atoms. The van der Waals surface area contributed by atoms with E-state index >= 15 is 0 Å². The molecule has 0 unspecified atom stereocenters. The molecule has 1 amide bonds. The second kappa shape index (κ2) is 9.17. The number of piperazine rings is 2. The van der Waals surface area contributed by atoms with Crippen molar-refractivity contribution >= 4 is 6.09 Å². The Bertz CT molecular complexity index is 533. The Balaban J connectivity index is 1.39. The highest BCUT2D eigenvalue weighted by Crippen LogP contribution is 2.12. The van der Waals surface area contributed by atoms with E-state index in [4.69, 9.17) is 4.74 Å². The highest BCUT2D eigenvalue weighted by atomic mass is 16.6. The number of nitrogens with zero attached hydrogens (tertiary/aromatic N) is 3. The summed E-state index contributed by atoms with van der Waals surface area (Å²) in [5.74, 6) is 0. The Morgan fingerprint density at radius 1 is 1.12 bits per heavy atom. The maximum absolute atomic E-state index is 12.3. The molecule has 1 aromatic carbocycles. The van der Waals surface area contributed by atoms with Gasteiger partial charge >= 0.3 is 6.09 Å². The predicted octanol–water partition coefficient (Wildman–Crippen LogP) is 1.23. The monoisotopic (exact) mass is 346 g/mol. The van der Waals surface area contributed by atoms with E-state index in [1.165, 1.54) is 0 Å². The van der Waals surface area contributed by atoms with E-state index in [9.17, 15) is 4.79 Å². The lowest BCUT2D eigenvalue weighted by molar-refractivity contribution is 0.0472. The molecule has 1 N–H and O–H groups in total. The average molecular weight is 346 g/mol. The van der Waals surface area contributed by atoms with E-state index < -0.39 is 0 Å². The van der Waals surface area contributed by atoms with Gasteiger partial charge in [-0.25, -0.2) is 4.79 Å². The Hall–Kier alpha value is -1.63. The van der Waals surface area contributed by atoms with Crippen molar-refractivity contribution in [3.63, 3.8) is 0 Å². The Morgan fingerprint density at radius 2 is 1.88 bits per heavy atom. The zero-order chi connectivity index (χ0) is 17.5. The molecule has 2 fully saturated rings. The number of hydrogen-bond acceptors (Lipinski definition) is 5. The van der Waals surface area contributed by atoms with Crippen LogP contribution in [0.4, 0.5) is 4.79 Å². The fourth-order valence-electron chi connectivity index (χ4n) is 3.51. The molecule has 3 rings (SSSR count). The zero-order valence-electron chi connectivity index (χ0n) is 15.2. The van der Waals surface area contributed by atoms with Crippen molar-refractivity contribution in [1.82, 2.24) is 20.0 Å². The van der Waals surface area contributed by atoms with Crippen LogP contribution in [-0.2, 0) is 11.3 Å². The first-order valence-corrected chi connectivity index (χ1v) is 9.35. The van der Waals surface area contributed by atoms with Crippen LogP contribution in [0.3, 0.4) is 0 Å². The minimum atomic E-state index is -0.197. The summed E-state index contributed by atoms with van der Waals surface area (Å²) in [6.07, 6.45) is -0.197. The number of amides is 1. The third-order valence-corrected chi connectivity index (χ3v) is 5.14. The van der Waals surface area contributed by atoms with Crippen molar-refractivity contribution in [2.45, 2.75) is 19.6 Å². The van der Waals surface area contributed by atoms with Gasteiger partial charge < -0.3 is 15.0 Å². The topological polar surface area (TPSA) is 48.1 Å². The molecule has 6 nitrogen and oxygen atoms in total. The molecule has 2 aliphatic heterocycles. The lowest BCUT2D eigenvalue weighted by atomic mass is 10.2. The fourth-order valence-corrected chi connectivity index (χ4v) is 3.51. The summed E-state index contributed by atoms with van der Waals surface area (Å²) < 4.78 is 5.46. The number of benzene rings is 1. The minimum absolute atomic E-state index is 0.197. The molecule has 2 heterocycles. The number of rotatable bonds is 5. The number of ether oxygens (including phenoxy) is 1. The molecule has 2 saturated heterocycles. The number of carbonyl (C=O) groups is 1. The molecule has 0 bridgehead atoms. The lowest BCUT2D eigenvalue weighted by Gasteiger charge is -2.40. The van der Waals surface area contributed by atoms with Crippen molar-refractivity contribution in [1.29, 1.82) is 0 Å². The maximum Gasteiger partial charge on any atom is 0.410 e. The van der Waals surface area contributed by atoms with Crippen molar-refractivity contribution in [3.05, 3.63) is 35.9 Å². The van der Waals surface area contributed by atoms with Gasteiger partial charge in [-0.15, -0.1) is 0 Å². The van der Waals surface area contributed by atoms with Gasteiger partial charge in [-0.05, 0) is 12.5 Å². The molecule has 0 saturated carbocycles. The van der Waals surface area contributed by atoms with Gasteiger partial charge in [0.2, 0.25) is 0 Å². The van der Waals surface area contributed by atoms with Crippen LogP contribution in [0, 0.1) is 0 Å². The first-order chi connectivity index (χ1) is 12.2. The lowest BCUT2D eigenvalue weighted by Crippen LogP contribution is -2.55. The molecule has 0 spiro atoms. The van der Waals surface area contributed by atoms with Crippen LogP contribution in [0.25, 0.3) is 0 Å². The molecule has 1 atom stereocenters. The molecule has 0 aromatic heterocycles. The first-order valence-electron chi connectivity index (χ1n) is 9.35. The highest BCUT2D eigenvalue weighted by Gasteiger charge is 2.27. The molecular formula is C19H30N4O2. The third-order valence-electron chi connectivity index (χ3n) is 5.14. The number of nitrogens with one attached hydrogen (secondary N) is 1. The second-order valence-corrected chi connectivity index (χ2v) is 6.96. The van der Waals surface area contributed by atoms with Gasteiger partial charge in [0.05, 0.1) is 0 Å². The van der Waals surface area contributed by atoms with Gasteiger partial charge in [0.15, 0.2) is 0 Å². The normalized spacial score (nSPS) is 22.8. The maximum atomic E-state index is 12.3. The number of carbonyl (C=O) groups excluding carboxylic acids is 1. The van der Waals surface area contributed by atoms with E-state index in [-0.39, 0.29) is 6.09 Å². The molecule has 138 valence electrons. The average Bonchev–Trinajstić information content (AvgIpc) is 2.66. The summed E-state index contributed by atoms with van der Waals surface area (Å²) in [5.41, 5.74) is 1.03. The van der Waals surface area contributed by atoms with Gasteiger partial charge in [0.1, 0.15) is 6.61 Å². The molecular weight excluding hydrogens is 316 g/mol. The van der Waals surface area contributed by atoms with Crippen LogP contribution < -0.4 is 5.32 Å². The van der Waals surface area contributed by atoms with Crippen molar-refractivity contribution in [2.24, 2.45) is 0 Å². The summed E-state index contributed by atoms with van der Waals surface area (Å²) >= 11 is 0. The molecule has 1 aromatic rings. The van der Waals surface area contributed by atoms with Gasteiger partial charge in [-0.2, -0.15) is 0 Å². The van der Waals surface area contributed by atoms with E-state index in [0.29, 0.717) is 12.6 Å². The van der Waals surface area contributed by atoms with Gasteiger partial charge in [-0.1, -0.05) is 30.3 Å². The Kier molecular flexibility index (Phi) is 6.67. The Morgan fingerprint density at radius 3 is 2.60 bits per heavy atom. The molecule has 2 aliphatic rings. The van der Waals surface area contributed by atoms with Crippen molar-refractivity contribution in [2.75, 3.05) is 58.9 Å². The third kappa shape index (κ3) is 5.42. The predicted molar refractivity (Wildman–Crippen MR) is 98.5 cm³/mol. The van der Waals surface area contributed by atoms with E-state index in [1.54, 1.807) is 0 Å². The summed E-state index contributed by atoms with van der Waals surface area (Å²) in [7, 11) is 0. The smallest absolute Gasteiger partial charge is 0.410 e. The van der Waals surface area contributed by atoms with E-state index in [0.717, 1.165) is 64.5 Å². The standard InChI is InChI=1S/C19H30N4O2/c1-17-15-23(19(24)25-16-18-5-3-2-4-6-18)14-13-22(17)12-11-21-9-7-20-8-10-21/h2-6,17,20H,7-16H2,1H3/t17-/m0/s1. The summed E-state index contributed by atoms with van der Waals surface area (Å²) in [6.45, 7) is 11.6. The number of hydrogen-bond donors (Lipinski definition) is 1. The van der Waals surface area contributed by atoms with Crippen LogP contribution in [0.1, 0.15) is 12.5 Å². The molecule has 0 aliphatic carbocycles. The summed E-state index contributed by atoms with van der Waals surface area (Å²) in [5, 5.41) is 3.39. The van der Waals surface area contributed by atoms with Crippen LogP contribution in [0.5, 0.6) is 0 Å². The van der Waals surface area contributed by atoms with E-state index in [2.05, 4.69) is 22.0 Å². The van der Waals surface area contributed by atoms with Gasteiger partial charge in [0, 0.05) is 64.9 Å². The van der Waals surface area contributed by atoms with Gasteiger partial charge in [0.25, 0.3) is 0 Å². The van der Waals surface area contributed by atoms with Crippen molar-refractivity contribution < 1.29 is 9.53 Å². The summed E-state index contributed by atoms with van der Waals surface area (Å²) in [4.78, 5) is 19.1. The van der Waals surface area contributed by atoms with Crippen LogP contribution in [-0.4, -0.2) is 85.7 Å². The van der Waals surface area contributed by atoms with Crippen molar-refractivity contribution in [3.8, 4) is 0 Å². The molecule has 0 radical (unpaired) electrons.